The number of esters is 2. The van der Waals surface area contributed by atoms with Gasteiger partial charge in [0.15, 0.2) is 5.69 Å². The molecule has 18 heavy (non-hydrogen) atoms. The van der Waals surface area contributed by atoms with Crippen LogP contribution in [0.15, 0.2) is 6.20 Å². The predicted molar refractivity (Wildman–Crippen MR) is 62.7 cm³/mol. The first-order chi connectivity index (χ1) is 8.60. The minimum Gasteiger partial charge on any atom is -0.465 e. The summed E-state index contributed by atoms with van der Waals surface area (Å²) in [6.45, 7) is 2.04. The molecule has 1 heterocycles. The second-order valence-corrected chi connectivity index (χ2v) is 3.31. The molecule has 0 unspecified atom stereocenters. The summed E-state index contributed by atoms with van der Waals surface area (Å²) in [6, 6.07) is 0. The summed E-state index contributed by atoms with van der Waals surface area (Å²) in [4.78, 5) is 22.5. The molecule has 0 aliphatic rings. The summed E-state index contributed by atoms with van der Waals surface area (Å²) in [5.74, 6) is 4.42. The van der Waals surface area contributed by atoms with E-state index in [4.69, 9.17) is 4.74 Å². The minimum absolute atomic E-state index is 0.0245. The number of carbonyl (C=O) groups is 2. The molecule has 0 saturated carbocycles. The maximum Gasteiger partial charge on any atom is 0.357 e. The molecule has 0 radical (unpaired) electrons. The van der Waals surface area contributed by atoms with Crippen LogP contribution < -0.4 is 0 Å². The van der Waals surface area contributed by atoms with Crippen molar-refractivity contribution in [1.82, 2.24) is 9.78 Å². The zero-order chi connectivity index (χ0) is 13.5. The van der Waals surface area contributed by atoms with Crippen molar-refractivity contribution < 1.29 is 19.1 Å². The van der Waals surface area contributed by atoms with E-state index in [0.29, 0.717) is 12.2 Å². The van der Waals surface area contributed by atoms with Gasteiger partial charge in [-0.1, -0.05) is 11.8 Å². The standard InChI is InChI=1S/C12H14N2O4/c1-4-18-10(15)7-5-6-9-8-13-14(2)11(9)12(16)17-3/h8H,4,7H2,1-3H3. The van der Waals surface area contributed by atoms with Crippen LogP contribution >= 0.6 is 0 Å². The van der Waals surface area contributed by atoms with E-state index in [1.54, 1.807) is 14.0 Å². The normalized spacial score (nSPS) is 9.28. The Bertz CT molecular complexity index is 508. The summed E-state index contributed by atoms with van der Waals surface area (Å²) in [5.41, 5.74) is 0.683. The Hall–Kier alpha value is -2.29. The first-order valence-corrected chi connectivity index (χ1v) is 5.35. The molecule has 0 fully saturated rings. The number of aromatic nitrogens is 2. The zero-order valence-electron chi connectivity index (χ0n) is 10.5. The van der Waals surface area contributed by atoms with Crippen LogP contribution in [0.25, 0.3) is 0 Å². The predicted octanol–water partition coefficient (Wildman–Crippen LogP) is 0.511. The number of ether oxygens (including phenoxy) is 2. The molecule has 0 aromatic carbocycles. The molecule has 1 aromatic heterocycles. The van der Waals surface area contributed by atoms with Crippen molar-refractivity contribution in [3.8, 4) is 11.8 Å². The maximum atomic E-state index is 11.5. The van der Waals surface area contributed by atoms with Gasteiger partial charge in [-0.2, -0.15) is 5.10 Å². The maximum absolute atomic E-state index is 11.5. The van der Waals surface area contributed by atoms with E-state index < -0.39 is 11.9 Å². The molecule has 1 aromatic rings. The molecule has 0 amide bonds. The third-order valence-electron chi connectivity index (χ3n) is 2.08. The van der Waals surface area contributed by atoms with Gasteiger partial charge in [0.05, 0.1) is 25.5 Å². The first kappa shape index (κ1) is 13.8. The monoisotopic (exact) mass is 250 g/mol. The topological polar surface area (TPSA) is 70.4 Å². The van der Waals surface area contributed by atoms with Crippen molar-refractivity contribution in [1.29, 1.82) is 0 Å². The summed E-state index contributed by atoms with van der Waals surface area (Å²) in [7, 11) is 2.90. The van der Waals surface area contributed by atoms with Crippen molar-refractivity contribution in [3.05, 3.63) is 17.5 Å². The summed E-state index contributed by atoms with van der Waals surface area (Å²) < 4.78 is 10.7. The molecular weight excluding hydrogens is 236 g/mol. The Morgan fingerprint density at radius 3 is 2.83 bits per heavy atom. The number of carbonyl (C=O) groups excluding carboxylic acids is 2. The Morgan fingerprint density at radius 1 is 1.50 bits per heavy atom. The highest BCUT2D eigenvalue weighted by Gasteiger charge is 2.15. The summed E-state index contributed by atoms with van der Waals surface area (Å²) in [5, 5.41) is 3.92. The lowest BCUT2D eigenvalue weighted by Crippen LogP contribution is -2.10. The molecule has 0 aliphatic carbocycles. The Labute approximate surface area is 105 Å². The van der Waals surface area contributed by atoms with Crippen molar-refractivity contribution in [3.63, 3.8) is 0 Å². The number of nitrogens with zero attached hydrogens (tertiary/aromatic N) is 2. The fourth-order valence-electron chi connectivity index (χ4n) is 1.29. The Balaban J connectivity index is 2.83. The number of methoxy groups -OCH3 is 1. The van der Waals surface area contributed by atoms with Crippen LogP contribution in [0.3, 0.4) is 0 Å². The van der Waals surface area contributed by atoms with E-state index in [1.165, 1.54) is 18.0 Å². The van der Waals surface area contributed by atoms with Crippen molar-refractivity contribution in [2.75, 3.05) is 13.7 Å². The van der Waals surface area contributed by atoms with Crippen LogP contribution in [0.2, 0.25) is 0 Å². The highest BCUT2D eigenvalue weighted by atomic mass is 16.5. The van der Waals surface area contributed by atoms with Crippen molar-refractivity contribution in [2.24, 2.45) is 7.05 Å². The number of hydrogen-bond donors (Lipinski definition) is 0. The SMILES string of the molecule is CCOC(=O)CC#Cc1cnn(C)c1C(=O)OC. The molecular formula is C12H14N2O4. The largest absolute Gasteiger partial charge is 0.465 e. The van der Waals surface area contributed by atoms with Crippen LogP contribution in [-0.2, 0) is 21.3 Å². The number of rotatable bonds is 3. The Morgan fingerprint density at radius 2 is 2.22 bits per heavy atom. The van der Waals surface area contributed by atoms with E-state index in [2.05, 4.69) is 21.7 Å². The van der Waals surface area contributed by atoms with Gasteiger partial charge in [-0.15, -0.1) is 0 Å². The van der Waals surface area contributed by atoms with Crippen LogP contribution in [0, 0.1) is 11.8 Å². The molecule has 0 spiro atoms. The summed E-state index contributed by atoms with van der Waals surface area (Å²) in [6.07, 6.45) is 1.42. The molecule has 0 N–H and O–H groups in total. The summed E-state index contributed by atoms with van der Waals surface area (Å²) >= 11 is 0. The molecule has 0 atom stereocenters. The molecule has 6 heteroatoms. The molecule has 1 rings (SSSR count). The smallest absolute Gasteiger partial charge is 0.357 e. The molecule has 0 aliphatic heterocycles. The lowest BCUT2D eigenvalue weighted by Gasteiger charge is -1.99. The van der Waals surface area contributed by atoms with Crippen molar-refractivity contribution >= 4 is 11.9 Å². The van der Waals surface area contributed by atoms with Gasteiger partial charge in [0.2, 0.25) is 0 Å². The fourth-order valence-corrected chi connectivity index (χ4v) is 1.29. The van der Waals surface area contributed by atoms with Gasteiger partial charge in [-0.05, 0) is 6.92 Å². The second kappa shape index (κ2) is 6.45. The zero-order valence-corrected chi connectivity index (χ0v) is 10.5. The van der Waals surface area contributed by atoms with E-state index >= 15 is 0 Å². The Kier molecular flexibility index (Phi) is 4.93. The van der Waals surface area contributed by atoms with Crippen molar-refractivity contribution in [2.45, 2.75) is 13.3 Å². The van der Waals surface area contributed by atoms with E-state index in [-0.39, 0.29) is 12.1 Å². The van der Waals surface area contributed by atoms with Crippen LogP contribution in [0.4, 0.5) is 0 Å². The first-order valence-electron chi connectivity index (χ1n) is 5.35. The molecule has 96 valence electrons. The lowest BCUT2D eigenvalue weighted by molar-refractivity contribution is -0.141. The van der Waals surface area contributed by atoms with Crippen LogP contribution in [-0.4, -0.2) is 35.4 Å². The highest BCUT2D eigenvalue weighted by molar-refractivity contribution is 5.90. The molecule has 6 nitrogen and oxygen atoms in total. The van der Waals surface area contributed by atoms with Crippen LogP contribution in [0.1, 0.15) is 29.4 Å². The second-order valence-electron chi connectivity index (χ2n) is 3.31. The van der Waals surface area contributed by atoms with Gasteiger partial charge in [0.1, 0.15) is 6.42 Å². The average molecular weight is 250 g/mol. The van der Waals surface area contributed by atoms with E-state index in [1.807, 2.05) is 0 Å². The van der Waals surface area contributed by atoms with Gasteiger partial charge in [0.25, 0.3) is 0 Å². The molecule has 0 bridgehead atoms. The van der Waals surface area contributed by atoms with E-state index in [0.717, 1.165) is 0 Å². The third-order valence-corrected chi connectivity index (χ3v) is 2.08. The highest BCUT2D eigenvalue weighted by Crippen LogP contribution is 2.07. The number of hydrogen-bond acceptors (Lipinski definition) is 5. The quantitative estimate of drug-likeness (QED) is 0.577. The van der Waals surface area contributed by atoms with E-state index in [9.17, 15) is 9.59 Å². The fraction of sp³-hybridized carbons (Fsp3) is 0.417. The molecule has 0 saturated heterocycles. The van der Waals surface area contributed by atoms with Gasteiger partial charge >= 0.3 is 11.9 Å². The van der Waals surface area contributed by atoms with Crippen LogP contribution in [0.5, 0.6) is 0 Å². The van der Waals surface area contributed by atoms with Gasteiger partial charge in [-0.3, -0.25) is 9.48 Å². The van der Waals surface area contributed by atoms with Gasteiger partial charge in [-0.25, -0.2) is 4.79 Å². The number of aryl methyl sites for hydroxylation is 1. The third kappa shape index (κ3) is 3.35. The minimum atomic E-state index is -0.518. The van der Waals surface area contributed by atoms with Gasteiger partial charge < -0.3 is 9.47 Å². The van der Waals surface area contributed by atoms with Gasteiger partial charge in [0, 0.05) is 7.05 Å². The average Bonchev–Trinajstić information content (AvgIpc) is 2.70. The lowest BCUT2D eigenvalue weighted by atomic mass is 10.2.